The van der Waals surface area contributed by atoms with Crippen LogP contribution in [0.25, 0.3) is 0 Å². The fourth-order valence-corrected chi connectivity index (χ4v) is 2.67. The Morgan fingerprint density at radius 1 is 1.19 bits per heavy atom. The first-order valence-electron chi connectivity index (χ1n) is 9.39. The zero-order chi connectivity index (χ0) is 19.6. The zero-order valence-electron chi connectivity index (χ0n) is 16.0. The predicted molar refractivity (Wildman–Crippen MR) is 100 cm³/mol. The van der Waals surface area contributed by atoms with Crippen molar-refractivity contribution in [1.29, 1.82) is 0 Å². The molecule has 0 heterocycles. The van der Waals surface area contributed by atoms with Crippen molar-refractivity contribution in [2.24, 2.45) is 5.92 Å². The maximum Gasteiger partial charge on any atom is 0.325 e. The summed E-state index contributed by atoms with van der Waals surface area (Å²) in [5.74, 6) is 0.548. The van der Waals surface area contributed by atoms with E-state index < -0.39 is 0 Å². The van der Waals surface area contributed by atoms with Gasteiger partial charge in [0.1, 0.15) is 12.3 Å². The Bertz CT molecular complexity index is 640. The second kappa shape index (κ2) is 10.5. The van der Waals surface area contributed by atoms with Gasteiger partial charge < -0.3 is 19.7 Å². The number of ether oxygens (including phenoxy) is 2. The first-order chi connectivity index (χ1) is 13.0. The summed E-state index contributed by atoms with van der Waals surface area (Å²) in [5.41, 5.74) is 0.541. The van der Waals surface area contributed by atoms with Crippen LogP contribution in [-0.2, 0) is 14.3 Å². The third-order valence-corrected chi connectivity index (χ3v) is 4.36. The number of hydrogen-bond acceptors (Lipinski definition) is 5. The van der Waals surface area contributed by atoms with Crippen molar-refractivity contribution < 1.29 is 23.9 Å². The molecule has 2 amide bonds. The highest BCUT2D eigenvalue weighted by atomic mass is 16.5. The number of rotatable bonds is 11. The molecule has 0 saturated heterocycles. The number of nitrogens with one attached hydrogen (secondary N) is 1. The Balaban J connectivity index is 1.73. The molecule has 0 aromatic heterocycles. The summed E-state index contributed by atoms with van der Waals surface area (Å²) >= 11 is 0. The molecule has 0 aliphatic heterocycles. The number of hydrogen-bond donors (Lipinski definition) is 1. The lowest BCUT2D eigenvalue weighted by atomic mass is 10.2. The van der Waals surface area contributed by atoms with Crippen molar-refractivity contribution in [3.8, 4) is 5.75 Å². The molecule has 1 aliphatic rings. The van der Waals surface area contributed by atoms with Crippen molar-refractivity contribution in [3.05, 3.63) is 29.8 Å². The molecule has 0 bridgehead atoms. The molecule has 1 aliphatic carbocycles. The minimum absolute atomic E-state index is 0.00137. The molecule has 1 N–H and O–H groups in total. The van der Waals surface area contributed by atoms with Gasteiger partial charge in [-0.2, -0.15) is 0 Å². The van der Waals surface area contributed by atoms with Crippen LogP contribution >= 0.6 is 0 Å². The van der Waals surface area contributed by atoms with Crippen LogP contribution in [0.1, 0.15) is 43.0 Å². The molecule has 1 aromatic rings. The van der Waals surface area contributed by atoms with E-state index >= 15 is 0 Å². The van der Waals surface area contributed by atoms with Crippen LogP contribution in [0.2, 0.25) is 0 Å². The van der Waals surface area contributed by atoms with Crippen LogP contribution in [0.4, 0.5) is 0 Å². The number of carbonyl (C=O) groups is 3. The SMILES string of the molecule is CCOC(=O)CN(CC1CC1)C(=O)CCCNC(=O)c1ccc(OC)cc1. The molecular weight excluding hydrogens is 348 g/mol. The van der Waals surface area contributed by atoms with E-state index in [-0.39, 0.29) is 30.7 Å². The van der Waals surface area contributed by atoms with E-state index in [4.69, 9.17) is 9.47 Å². The minimum Gasteiger partial charge on any atom is -0.497 e. The summed E-state index contributed by atoms with van der Waals surface area (Å²) in [6, 6.07) is 6.83. The molecule has 1 saturated carbocycles. The van der Waals surface area contributed by atoms with Crippen LogP contribution in [-0.4, -0.2) is 56.0 Å². The molecule has 0 radical (unpaired) electrons. The number of nitrogens with zero attached hydrogens (tertiary/aromatic N) is 1. The normalized spacial score (nSPS) is 13.0. The maximum atomic E-state index is 12.4. The molecule has 0 spiro atoms. The Morgan fingerprint density at radius 2 is 1.89 bits per heavy atom. The molecule has 0 unspecified atom stereocenters. The van der Waals surface area contributed by atoms with E-state index in [1.807, 2.05) is 0 Å². The highest BCUT2D eigenvalue weighted by molar-refractivity contribution is 5.94. The summed E-state index contributed by atoms with van der Waals surface area (Å²) in [4.78, 5) is 37.8. The van der Waals surface area contributed by atoms with Gasteiger partial charge in [0, 0.05) is 25.1 Å². The van der Waals surface area contributed by atoms with Gasteiger partial charge in [-0.15, -0.1) is 0 Å². The average molecular weight is 376 g/mol. The summed E-state index contributed by atoms with van der Waals surface area (Å²) < 4.78 is 10.0. The lowest BCUT2D eigenvalue weighted by Gasteiger charge is -2.21. The van der Waals surface area contributed by atoms with Crippen molar-refractivity contribution in [3.63, 3.8) is 0 Å². The van der Waals surface area contributed by atoms with Crippen LogP contribution < -0.4 is 10.1 Å². The fourth-order valence-electron chi connectivity index (χ4n) is 2.67. The quantitative estimate of drug-likeness (QED) is 0.472. The second-order valence-electron chi connectivity index (χ2n) is 6.61. The van der Waals surface area contributed by atoms with E-state index in [1.54, 1.807) is 43.2 Å². The van der Waals surface area contributed by atoms with Gasteiger partial charge in [0.05, 0.1) is 13.7 Å². The number of methoxy groups -OCH3 is 1. The molecule has 7 nitrogen and oxygen atoms in total. The Labute approximate surface area is 160 Å². The molecule has 1 fully saturated rings. The van der Waals surface area contributed by atoms with Gasteiger partial charge in [0.2, 0.25) is 5.91 Å². The molecule has 7 heteroatoms. The van der Waals surface area contributed by atoms with Gasteiger partial charge >= 0.3 is 5.97 Å². The van der Waals surface area contributed by atoms with Crippen LogP contribution in [0.15, 0.2) is 24.3 Å². The smallest absolute Gasteiger partial charge is 0.325 e. The van der Waals surface area contributed by atoms with Gasteiger partial charge in [-0.25, -0.2) is 0 Å². The number of benzene rings is 1. The molecular formula is C20H28N2O5. The largest absolute Gasteiger partial charge is 0.497 e. The van der Waals surface area contributed by atoms with E-state index in [2.05, 4.69) is 5.32 Å². The topological polar surface area (TPSA) is 84.9 Å². The first-order valence-corrected chi connectivity index (χ1v) is 9.39. The molecule has 2 rings (SSSR count). The van der Waals surface area contributed by atoms with E-state index in [9.17, 15) is 14.4 Å². The zero-order valence-corrected chi connectivity index (χ0v) is 16.0. The van der Waals surface area contributed by atoms with Gasteiger partial charge in [0.25, 0.3) is 5.91 Å². The van der Waals surface area contributed by atoms with Gasteiger partial charge in [-0.05, 0) is 56.4 Å². The third-order valence-electron chi connectivity index (χ3n) is 4.36. The molecule has 148 valence electrons. The third kappa shape index (κ3) is 7.29. The Morgan fingerprint density at radius 3 is 2.48 bits per heavy atom. The van der Waals surface area contributed by atoms with E-state index in [0.717, 1.165) is 12.8 Å². The first kappa shape index (κ1) is 20.7. The fraction of sp³-hybridized carbons (Fsp3) is 0.550. The minimum atomic E-state index is -0.376. The highest BCUT2D eigenvalue weighted by Gasteiger charge is 2.28. The van der Waals surface area contributed by atoms with Crippen LogP contribution in [0.5, 0.6) is 5.75 Å². The monoisotopic (exact) mass is 376 g/mol. The predicted octanol–water partition coefficient (Wildman–Crippen LogP) is 2.01. The lowest BCUT2D eigenvalue weighted by Crippen LogP contribution is -2.38. The van der Waals surface area contributed by atoms with E-state index in [1.165, 1.54) is 0 Å². The summed E-state index contributed by atoms with van der Waals surface area (Å²) in [5, 5.41) is 2.80. The van der Waals surface area contributed by atoms with Gasteiger partial charge in [-0.1, -0.05) is 0 Å². The second-order valence-corrected chi connectivity index (χ2v) is 6.61. The Kier molecular flexibility index (Phi) is 8.10. The highest BCUT2D eigenvalue weighted by Crippen LogP contribution is 2.29. The van der Waals surface area contributed by atoms with Crippen molar-refractivity contribution in [2.75, 3.05) is 33.4 Å². The number of carbonyl (C=O) groups excluding carboxylic acids is 3. The van der Waals surface area contributed by atoms with Crippen molar-refractivity contribution >= 4 is 17.8 Å². The van der Waals surface area contributed by atoms with Crippen molar-refractivity contribution in [1.82, 2.24) is 10.2 Å². The lowest BCUT2D eigenvalue weighted by molar-refractivity contribution is -0.149. The molecule has 27 heavy (non-hydrogen) atoms. The van der Waals surface area contributed by atoms with Crippen LogP contribution in [0.3, 0.4) is 0 Å². The van der Waals surface area contributed by atoms with Gasteiger partial charge in [-0.3, -0.25) is 14.4 Å². The number of esters is 1. The molecule has 0 atom stereocenters. The number of amides is 2. The summed E-state index contributed by atoms with van der Waals surface area (Å²) in [6.07, 6.45) is 3.01. The Hall–Kier alpha value is -2.57. The summed E-state index contributed by atoms with van der Waals surface area (Å²) in [7, 11) is 1.57. The van der Waals surface area contributed by atoms with Crippen LogP contribution in [0, 0.1) is 5.92 Å². The summed E-state index contributed by atoms with van der Waals surface area (Å²) in [6.45, 7) is 3.06. The molecule has 1 aromatic carbocycles. The van der Waals surface area contributed by atoms with E-state index in [0.29, 0.717) is 43.3 Å². The average Bonchev–Trinajstić information content (AvgIpc) is 3.48. The van der Waals surface area contributed by atoms with Crippen molar-refractivity contribution in [2.45, 2.75) is 32.6 Å². The maximum absolute atomic E-state index is 12.4. The van der Waals surface area contributed by atoms with Gasteiger partial charge in [0.15, 0.2) is 0 Å². The standard InChI is InChI=1S/C20H28N2O5/c1-3-27-19(24)14-22(13-15-6-7-15)18(23)5-4-12-21-20(25)16-8-10-17(26-2)11-9-16/h8-11,15H,3-7,12-14H2,1-2H3,(H,21,25).